The predicted octanol–water partition coefficient (Wildman–Crippen LogP) is 3.16. The van der Waals surface area contributed by atoms with Gasteiger partial charge >= 0.3 is 0 Å². The van der Waals surface area contributed by atoms with Gasteiger partial charge in [0, 0.05) is 13.1 Å². The van der Waals surface area contributed by atoms with Crippen molar-refractivity contribution in [1.82, 2.24) is 9.55 Å². The predicted molar refractivity (Wildman–Crippen MR) is 82.6 cm³/mol. The first-order valence-electron chi connectivity index (χ1n) is 6.89. The smallest absolute Gasteiger partial charge is 0.107 e. The number of para-hydroxylation sites is 2. The van der Waals surface area contributed by atoms with Gasteiger partial charge in [-0.25, -0.2) is 4.98 Å². The minimum absolute atomic E-state index is 0.591. The largest absolute Gasteiger partial charge is 0.326 e. The molecule has 2 aromatic carbocycles. The lowest BCUT2D eigenvalue weighted by molar-refractivity contribution is 0.780. The Hall–Kier alpha value is -2.13. The molecule has 102 valence electrons. The molecule has 3 aromatic rings. The Morgan fingerprint density at radius 1 is 1.10 bits per heavy atom. The van der Waals surface area contributed by atoms with Crippen LogP contribution in [0.1, 0.15) is 22.5 Å². The molecule has 0 atom stereocenters. The van der Waals surface area contributed by atoms with E-state index in [-0.39, 0.29) is 0 Å². The van der Waals surface area contributed by atoms with Crippen LogP contribution in [0.3, 0.4) is 0 Å². The summed E-state index contributed by atoms with van der Waals surface area (Å²) in [5, 5.41) is 0. The van der Waals surface area contributed by atoms with Crippen LogP contribution in [0.2, 0.25) is 0 Å². The summed E-state index contributed by atoms with van der Waals surface area (Å²) >= 11 is 0. The van der Waals surface area contributed by atoms with Crippen LogP contribution in [0.4, 0.5) is 0 Å². The van der Waals surface area contributed by atoms with E-state index >= 15 is 0 Å². The van der Waals surface area contributed by atoms with Crippen LogP contribution >= 0.6 is 0 Å². The molecule has 0 aliphatic heterocycles. The van der Waals surface area contributed by atoms with E-state index in [1.165, 1.54) is 22.2 Å². The Kier molecular flexibility index (Phi) is 3.28. The Labute approximate surface area is 119 Å². The third kappa shape index (κ3) is 2.21. The van der Waals surface area contributed by atoms with E-state index in [9.17, 15) is 0 Å². The van der Waals surface area contributed by atoms with Crippen LogP contribution in [0.15, 0.2) is 42.5 Å². The standard InChI is InChI=1S/C17H19N3/c1-12-9-14(10-18)7-8-15(12)11-20-13(2)19-16-5-3-4-6-17(16)20/h3-9H,10-11,18H2,1-2H3. The van der Waals surface area contributed by atoms with E-state index in [1.54, 1.807) is 0 Å². The molecule has 0 saturated carbocycles. The zero-order valence-corrected chi connectivity index (χ0v) is 11.9. The van der Waals surface area contributed by atoms with Gasteiger partial charge in [0.2, 0.25) is 0 Å². The summed E-state index contributed by atoms with van der Waals surface area (Å²) in [6, 6.07) is 14.7. The second-order valence-corrected chi connectivity index (χ2v) is 5.20. The molecule has 3 rings (SSSR count). The fourth-order valence-electron chi connectivity index (χ4n) is 2.63. The summed E-state index contributed by atoms with van der Waals surface area (Å²) < 4.78 is 2.26. The lowest BCUT2D eigenvalue weighted by Crippen LogP contribution is -2.05. The highest BCUT2D eigenvalue weighted by Gasteiger charge is 2.08. The van der Waals surface area contributed by atoms with Crippen molar-refractivity contribution in [1.29, 1.82) is 0 Å². The van der Waals surface area contributed by atoms with E-state index in [0.717, 1.165) is 17.9 Å². The van der Waals surface area contributed by atoms with Gasteiger partial charge in [0.15, 0.2) is 0 Å². The Balaban J connectivity index is 2.03. The number of nitrogens with zero attached hydrogens (tertiary/aromatic N) is 2. The lowest BCUT2D eigenvalue weighted by Gasteiger charge is -2.11. The Morgan fingerprint density at radius 2 is 1.90 bits per heavy atom. The minimum atomic E-state index is 0.591. The molecule has 2 N–H and O–H groups in total. The number of hydrogen-bond donors (Lipinski definition) is 1. The van der Waals surface area contributed by atoms with Crippen molar-refractivity contribution in [2.75, 3.05) is 0 Å². The molecular formula is C17H19N3. The average molecular weight is 265 g/mol. The normalized spacial score (nSPS) is 11.2. The first kappa shape index (κ1) is 12.9. The van der Waals surface area contributed by atoms with Crippen LogP contribution < -0.4 is 5.73 Å². The molecule has 3 nitrogen and oxygen atoms in total. The Bertz CT molecular complexity index is 756. The summed E-state index contributed by atoms with van der Waals surface area (Å²) in [6.07, 6.45) is 0. The van der Waals surface area contributed by atoms with Gasteiger partial charge in [-0.3, -0.25) is 0 Å². The van der Waals surface area contributed by atoms with Crippen LogP contribution in [-0.2, 0) is 13.1 Å². The maximum atomic E-state index is 5.69. The van der Waals surface area contributed by atoms with E-state index in [0.29, 0.717) is 6.54 Å². The Morgan fingerprint density at radius 3 is 2.65 bits per heavy atom. The maximum absolute atomic E-state index is 5.69. The molecule has 1 heterocycles. The quantitative estimate of drug-likeness (QED) is 0.790. The summed E-state index contributed by atoms with van der Waals surface area (Å²) in [7, 11) is 0. The van der Waals surface area contributed by atoms with E-state index in [2.05, 4.69) is 59.8 Å². The molecule has 0 radical (unpaired) electrons. The van der Waals surface area contributed by atoms with Gasteiger partial charge in [-0.05, 0) is 42.7 Å². The summed E-state index contributed by atoms with van der Waals surface area (Å²) in [4.78, 5) is 4.62. The van der Waals surface area contributed by atoms with Gasteiger partial charge in [-0.15, -0.1) is 0 Å². The molecule has 1 aromatic heterocycles. The van der Waals surface area contributed by atoms with Gasteiger partial charge < -0.3 is 10.3 Å². The van der Waals surface area contributed by atoms with Gasteiger partial charge in [0.25, 0.3) is 0 Å². The molecule has 0 amide bonds. The van der Waals surface area contributed by atoms with E-state index < -0.39 is 0 Å². The molecule has 0 fully saturated rings. The monoisotopic (exact) mass is 265 g/mol. The second kappa shape index (κ2) is 5.10. The highest BCUT2D eigenvalue weighted by Crippen LogP contribution is 2.19. The second-order valence-electron chi connectivity index (χ2n) is 5.20. The van der Waals surface area contributed by atoms with Gasteiger partial charge in [-0.1, -0.05) is 30.3 Å². The number of rotatable bonds is 3. The zero-order chi connectivity index (χ0) is 14.1. The highest BCUT2D eigenvalue weighted by atomic mass is 15.1. The van der Waals surface area contributed by atoms with Crippen LogP contribution in [0, 0.1) is 13.8 Å². The molecular weight excluding hydrogens is 246 g/mol. The summed E-state index contributed by atoms with van der Waals surface area (Å²) in [6.45, 7) is 5.64. The number of nitrogens with two attached hydrogens (primary N) is 1. The fourth-order valence-corrected chi connectivity index (χ4v) is 2.63. The first-order chi connectivity index (χ1) is 9.69. The zero-order valence-electron chi connectivity index (χ0n) is 11.9. The molecule has 3 heteroatoms. The van der Waals surface area contributed by atoms with Crippen LogP contribution in [-0.4, -0.2) is 9.55 Å². The molecule has 0 saturated heterocycles. The highest BCUT2D eigenvalue weighted by molar-refractivity contribution is 5.76. The number of aryl methyl sites for hydroxylation is 2. The molecule has 0 aliphatic rings. The number of aromatic nitrogens is 2. The molecule has 20 heavy (non-hydrogen) atoms. The van der Waals surface area contributed by atoms with Crippen molar-refractivity contribution in [3.05, 3.63) is 65.0 Å². The number of hydrogen-bond acceptors (Lipinski definition) is 2. The van der Waals surface area contributed by atoms with Crippen molar-refractivity contribution in [2.45, 2.75) is 26.9 Å². The lowest BCUT2D eigenvalue weighted by atomic mass is 10.0. The van der Waals surface area contributed by atoms with Gasteiger partial charge in [0.05, 0.1) is 11.0 Å². The number of benzene rings is 2. The first-order valence-corrected chi connectivity index (χ1v) is 6.89. The van der Waals surface area contributed by atoms with Gasteiger partial charge in [-0.2, -0.15) is 0 Å². The molecule has 0 bridgehead atoms. The van der Waals surface area contributed by atoms with E-state index in [1.807, 2.05) is 6.07 Å². The summed E-state index contributed by atoms with van der Waals surface area (Å²) in [5.41, 5.74) is 11.7. The SMILES string of the molecule is Cc1cc(CN)ccc1Cn1c(C)nc2ccccc21. The molecule has 0 unspecified atom stereocenters. The van der Waals surface area contributed by atoms with Gasteiger partial charge in [0.1, 0.15) is 5.82 Å². The maximum Gasteiger partial charge on any atom is 0.107 e. The summed E-state index contributed by atoms with van der Waals surface area (Å²) in [5.74, 6) is 1.05. The number of imidazole rings is 1. The number of fused-ring (bicyclic) bond motifs is 1. The van der Waals surface area contributed by atoms with Crippen LogP contribution in [0.25, 0.3) is 11.0 Å². The van der Waals surface area contributed by atoms with Crippen LogP contribution in [0.5, 0.6) is 0 Å². The molecule has 0 aliphatic carbocycles. The van der Waals surface area contributed by atoms with Crippen molar-refractivity contribution in [2.24, 2.45) is 5.73 Å². The van der Waals surface area contributed by atoms with E-state index in [4.69, 9.17) is 5.73 Å². The topological polar surface area (TPSA) is 43.8 Å². The third-order valence-electron chi connectivity index (χ3n) is 3.82. The fraction of sp³-hybridized carbons (Fsp3) is 0.235. The minimum Gasteiger partial charge on any atom is -0.326 e. The van der Waals surface area contributed by atoms with Crippen molar-refractivity contribution >= 4 is 11.0 Å². The molecule has 0 spiro atoms. The van der Waals surface area contributed by atoms with Crippen molar-refractivity contribution in [3.8, 4) is 0 Å². The average Bonchev–Trinajstić information content (AvgIpc) is 2.77. The van der Waals surface area contributed by atoms with Crippen molar-refractivity contribution < 1.29 is 0 Å². The third-order valence-corrected chi connectivity index (χ3v) is 3.82. The van der Waals surface area contributed by atoms with Crippen molar-refractivity contribution in [3.63, 3.8) is 0 Å².